The molecule has 2 N–H and O–H groups in total. The Labute approximate surface area is 169 Å². The van der Waals surface area contributed by atoms with E-state index < -0.39 is 36.7 Å². The number of carbonyl (C=O) groups is 1. The Morgan fingerprint density at radius 1 is 0.897 bits per heavy atom. The molecule has 29 heavy (non-hydrogen) atoms. The third-order valence-corrected chi connectivity index (χ3v) is 4.66. The number of ether oxygens (including phenoxy) is 4. The van der Waals surface area contributed by atoms with E-state index in [9.17, 15) is 15.0 Å². The molecule has 1 aliphatic heterocycles. The fraction of sp³-hybridized carbons (Fsp3) is 0.409. The molecule has 1 fully saturated rings. The summed E-state index contributed by atoms with van der Waals surface area (Å²) in [5, 5.41) is 21.3. The van der Waals surface area contributed by atoms with Crippen molar-refractivity contribution in [2.75, 3.05) is 6.61 Å². The number of hydrogen-bond donors (Lipinski definition) is 2. The van der Waals surface area contributed by atoms with Crippen LogP contribution in [0.1, 0.15) is 18.1 Å². The number of hydrogen-bond acceptors (Lipinski definition) is 7. The number of aliphatic hydroxyl groups is 2. The standard InChI is InChI=1S/C22H26O7/c1-15(23)26-14-18-19(24)20(27-12-16-8-4-2-5-9-16)21(22(25)29-18)28-13-17-10-6-3-7-11-17/h2-11,18-22,24-25H,12-14H2,1H3/t18?,19-,20?,21?,22-/m1/s1. The summed E-state index contributed by atoms with van der Waals surface area (Å²) in [6.07, 6.45) is -5.21. The first-order valence-corrected chi connectivity index (χ1v) is 9.50. The molecular formula is C22H26O7. The summed E-state index contributed by atoms with van der Waals surface area (Å²) in [6.45, 7) is 1.52. The first-order valence-electron chi connectivity index (χ1n) is 9.50. The molecule has 0 aromatic heterocycles. The van der Waals surface area contributed by atoms with Crippen molar-refractivity contribution in [3.05, 3.63) is 71.8 Å². The first kappa shape index (κ1) is 21.4. The molecule has 2 aromatic rings. The van der Waals surface area contributed by atoms with Gasteiger partial charge in [0.25, 0.3) is 0 Å². The van der Waals surface area contributed by atoms with Gasteiger partial charge < -0.3 is 29.2 Å². The lowest BCUT2D eigenvalue weighted by atomic mass is 9.98. The van der Waals surface area contributed by atoms with Gasteiger partial charge in [0.05, 0.1) is 13.2 Å². The van der Waals surface area contributed by atoms with Crippen LogP contribution in [0.15, 0.2) is 60.7 Å². The van der Waals surface area contributed by atoms with Crippen molar-refractivity contribution >= 4 is 5.97 Å². The molecule has 1 heterocycles. The van der Waals surface area contributed by atoms with Crippen LogP contribution in [-0.2, 0) is 37.0 Å². The van der Waals surface area contributed by atoms with Crippen LogP contribution in [0, 0.1) is 0 Å². The molecule has 0 saturated carbocycles. The Morgan fingerprint density at radius 2 is 1.41 bits per heavy atom. The summed E-state index contributed by atoms with van der Waals surface area (Å²) in [7, 11) is 0. The van der Waals surface area contributed by atoms with Crippen molar-refractivity contribution in [1.82, 2.24) is 0 Å². The van der Waals surface area contributed by atoms with Gasteiger partial charge >= 0.3 is 5.97 Å². The maximum Gasteiger partial charge on any atom is 0.302 e. The minimum Gasteiger partial charge on any atom is -0.463 e. The average molecular weight is 402 g/mol. The molecule has 156 valence electrons. The van der Waals surface area contributed by atoms with Crippen molar-refractivity contribution in [2.45, 2.75) is 50.8 Å². The van der Waals surface area contributed by atoms with Crippen LogP contribution in [0.25, 0.3) is 0 Å². The van der Waals surface area contributed by atoms with E-state index >= 15 is 0 Å². The molecule has 2 aromatic carbocycles. The molecule has 7 nitrogen and oxygen atoms in total. The fourth-order valence-corrected chi connectivity index (χ4v) is 3.15. The second-order valence-corrected chi connectivity index (χ2v) is 6.88. The van der Waals surface area contributed by atoms with Gasteiger partial charge in [-0.3, -0.25) is 4.79 Å². The summed E-state index contributed by atoms with van der Waals surface area (Å²) in [4.78, 5) is 11.1. The molecule has 7 heteroatoms. The maximum absolute atomic E-state index is 11.1. The number of esters is 1. The molecule has 1 saturated heterocycles. The summed E-state index contributed by atoms with van der Waals surface area (Å²) in [5.41, 5.74) is 1.83. The van der Waals surface area contributed by atoms with E-state index in [4.69, 9.17) is 18.9 Å². The molecule has 0 amide bonds. The summed E-state index contributed by atoms with van der Waals surface area (Å²) in [5.74, 6) is -0.500. The van der Waals surface area contributed by atoms with Gasteiger partial charge in [-0.15, -0.1) is 0 Å². The lowest BCUT2D eigenvalue weighted by Gasteiger charge is -2.42. The van der Waals surface area contributed by atoms with Crippen molar-refractivity contribution in [2.24, 2.45) is 0 Å². The monoisotopic (exact) mass is 402 g/mol. The van der Waals surface area contributed by atoms with Crippen molar-refractivity contribution in [3.8, 4) is 0 Å². The molecule has 5 atom stereocenters. The Morgan fingerprint density at radius 3 is 1.93 bits per heavy atom. The second kappa shape index (κ2) is 10.5. The largest absolute Gasteiger partial charge is 0.463 e. The van der Waals surface area contributed by atoms with E-state index in [2.05, 4.69) is 0 Å². The van der Waals surface area contributed by atoms with Crippen LogP contribution in [0.4, 0.5) is 0 Å². The van der Waals surface area contributed by atoms with Crippen LogP contribution in [-0.4, -0.2) is 53.5 Å². The van der Waals surface area contributed by atoms with Gasteiger partial charge in [0, 0.05) is 6.92 Å². The van der Waals surface area contributed by atoms with E-state index in [-0.39, 0.29) is 19.8 Å². The zero-order valence-corrected chi connectivity index (χ0v) is 16.2. The second-order valence-electron chi connectivity index (χ2n) is 6.88. The summed E-state index contributed by atoms with van der Waals surface area (Å²) in [6, 6.07) is 19.0. The highest BCUT2D eigenvalue weighted by atomic mass is 16.7. The van der Waals surface area contributed by atoms with E-state index in [0.717, 1.165) is 11.1 Å². The minimum absolute atomic E-state index is 0.190. The number of rotatable bonds is 8. The third kappa shape index (κ3) is 6.09. The molecule has 3 unspecified atom stereocenters. The van der Waals surface area contributed by atoms with Crippen molar-refractivity contribution in [1.29, 1.82) is 0 Å². The predicted octanol–water partition coefficient (Wildman–Crippen LogP) is 1.80. The van der Waals surface area contributed by atoms with Crippen molar-refractivity contribution < 1.29 is 34.0 Å². The molecule has 0 spiro atoms. The molecule has 0 radical (unpaired) electrons. The molecule has 0 bridgehead atoms. The van der Waals surface area contributed by atoms with Crippen LogP contribution in [0.3, 0.4) is 0 Å². The number of benzene rings is 2. The molecule has 0 aliphatic carbocycles. The fourth-order valence-electron chi connectivity index (χ4n) is 3.15. The van der Waals surface area contributed by atoms with Crippen LogP contribution in [0.2, 0.25) is 0 Å². The lowest BCUT2D eigenvalue weighted by Crippen LogP contribution is -2.60. The van der Waals surface area contributed by atoms with E-state index in [0.29, 0.717) is 0 Å². The van der Waals surface area contributed by atoms with Gasteiger partial charge in [-0.2, -0.15) is 0 Å². The highest BCUT2D eigenvalue weighted by Gasteiger charge is 2.46. The Kier molecular flexibility index (Phi) is 7.74. The van der Waals surface area contributed by atoms with Gasteiger partial charge in [-0.25, -0.2) is 0 Å². The lowest BCUT2D eigenvalue weighted by molar-refractivity contribution is -0.307. The quantitative estimate of drug-likeness (QED) is 0.650. The maximum atomic E-state index is 11.1. The van der Waals surface area contributed by atoms with E-state index in [1.807, 2.05) is 60.7 Å². The van der Waals surface area contributed by atoms with Crippen LogP contribution >= 0.6 is 0 Å². The van der Waals surface area contributed by atoms with Gasteiger partial charge in [-0.05, 0) is 11.1 Å². The zero-order valence-electron chi connectivity index (χ0n) is 16.2. The normalized spacial score (nSPS) is 26.8. The van der Waals surface area contributed by atoms with Crippen LogP contribution < -0.4 is 0 Å². The van der Waals surface area contributed by atoms with Gasteiger partial charge in [-0.1, -0.05) is 60.7 Å². The van der Waals surface area contributed by atoms with Crippen molar-refractivity contribution in [3.63, 3.8) is 0 Å². The first-order chi connectivity index (χ1) is 14.0. The SMILES string of the molecule is CC(=O)OCC1O[C@@H](O)C(OCc2ccccc2)C(OCc2ccccc2)[C@@H]1O. The number of aliphatic hydroxyl groups excluding tert-OH is 2. The highest BCUT2D eigenvalue weighted by Crippen LogP contribution is 2.27. The smallest absolute Gasteiger partial charge is 0.302 e. The van der Waals surface area contributed by atoms with Gasteiger partial charge in [0.2, 0.25) is 0 Å². The Hall–Kier alpha value is -2.29. The average Bonchev–Trinajstić information content (AvgIpc) is 2.73. The molecule has 3 rings (SSSR count). The Bertz CT molecular complexity index is 752. The number of carbonyl (C=O) groups excluding carboxylic acids is 1. The van der Waals surface area contributed by atoms with E-state index in [1.54, 1.807) is 0 Å². The third-order valence-electron chi connectivity index (χ3n) is 4.66. The zero-order chi connectivity index (χ0) is 20.6. The van der Waals surface area contributed by atoms with Crippen LogP contribution in [0.5, 0.6) is 0 Å². The predicted molar refractivity (Wildman–Crippen MR) is 104 cm³/mol. The van der Waals surface area contributed by atoms with Gasteiger partial charge in [0.15, 0.2) is 6.29 Å². The topological polar surface area (TPSA) is 94.5 Å². The molecular weight excluding hydrogens is 376 g/mol. The van der Waals surface area contributed by atoms with Gasteiger partial charge in [0.1, 0.15) is 31.0 Å². The molecule has 1 aliphatic rings. The highest BCUT2D eigenvalue weighted by molar-refractivity contribution is 5.65. The minimum atomic E-state index is -1.34. The Balaban J connectivity index is 1.71. The van der Waals surface area contributed by atoms with E-state index in [1.165, 1.54) is 6.92 Å². The summed E-state index contributed by atoms with van der Waals surface area (Å²) < 4.78 is 22.2. The summed E-state index contributed by atoms with van der Waals surface area (Å²) >= 11 is 0.